The Labute approximate surface area is 129 Å². The topological polar surface area (TPSA) is 95.7 Å². The third kappa shape index (κ3) is 4.02. The number of amides is 1. The van der Waals surface area contributed by atoms with Crippen LogP contribution >= 0.6 is 0 Å². The van der Waals surface area contributed by atoms with E-state index in [0.717, 1.165) is 25.9 Å². The molecule has 1 heterocycles. The molecule has 1 aliphatic rings. The Morgan fingerprint density at radius 3 is 2.77 bits per heavy atom. The SMILES string of the molecule is CC(C(=O)Nc1cccc([N+](=O)[O-])c1)N1CCC(CO)CC1. The highest BCUT2D eigenvalue weighted by molar-refractivity contribution is 5.94. The number of hydrogen-bond acceptors (Lipinski definition) is 5. The number of carbonyl (C=O) groups excluding carboxylic acids is 1. The zero-order chi connectivity index (χ0) is 16.1. The second-order valence-electron chi connectivity index (χ2n) is 5.63. The fourth-order valence-corrected chi connectivity index (χ4v) is 2.63. The second kappa shape index (κ2) is 7.33. The summed E-state index contributed by atoms with van der Waals surface area (Å²) in [5, 5.41) is 22.6. The van der Waals surface area contributed by atoms with Crippen LogP contribution in [0, 0.1) is 16.0 Å². The molecule has 2 N–H and O–H groups in total. The lowest BCUT2D eigenvalue weighted by Gasteiger charge is -2.34. The van der Waals surface area contributed by atoms with Gasteiger partial charge in [-0.3, -0.25) is 19.8 Å². The predicted molar refractivity (Wildman–Crippen MR) is 82.6 cm³/mol. The first-order chi connectivity index (χ1) is 10.5. The van der Waals surface area contributed by atoms with Crippen LogP contribution < -0.4 is 5.32 Å². The summed E-state index contributed by atoms with van der Waals surface area (Å²) in [6.07, 6.45) is 1.76. The number of hydrogen-bond donors (Lipinski definition) is 2. The van der Waals surface area contributed by atoms with Gasteiger partial charge in [-0.2, -0.15) is 0 Å². The number of benzene rings is 1. The zero-order valence-corrected chi connectivity index (χ0v) is 12.6. The Morgan fingerprint density at radius 1 is 1.50 bits per heavy atom. The second-order valence-corrected chi connectivity index (χ2v) is 5.63. The Hall–Kier alpha value is -1.99. The van der Waals surface area contributed by atoms with Gasteiger partial charge in [0.1, 0.15) is 0 Å². The van der Waals surface area contributed by atoms with Gasteiger partial charge in [0.05, 0.1) is 11.0 Å². The molecule has 7 heteroatoms. The first-order valence-corrected chi connectivity index (χ1v) is 7.41. The van der Waals surface area contributed by atoms with Gasteiger partial charge in [-0.05, 0) is 44.8 Å². The van der Waals surface area contributed by atoms with E-state index in [0.29, 0.717) is 11.6 Å². The molecule has 7 nitrogen and oxygen atoms in total. The molecule has 0 spiro atoms. The van der Waals surface area contributed by atoms with Crippen molar-refractivity contribution in [1.82, 2.24) is 4.90 Å². The van der Waals surface area contributed by atoms with Crippen molar-refractivity contribution in [2.45, 2.75) is 25.8 Å². The molecule has 0 aromatic heterocycles. The Morgan fingerprint density at radius 2 is 2.18 bits per heavy atom. The average Bonchev–Trinajstić information content (AvgIpc) is 2.54. The lowest BCUT2D eigenvalue weighted by atomic mass is 9.97. The van der Waals surface area contributed by atoms with Crippen LogP contribution in [0.5, 0.6) is 0 Å². The van der Waals surface area contributed by atoms with E-state index < -0.39 is 4.92 Å². The molecule has 1 unspecified atom stereocenters. The van der Waals surface area contributed by atoms with Crippen LogP contribution in [-0.2, 0) is 4.79 Å². The lowest BCUT2D eigenvalue weighted by molar-refractivity contribution is -0.384. The van der Waals surface area contributed by atoms with Crippen molar-refractivity contribution in [3.05, 3.63) is 34.4 Å². The number of nitrogens with one attached hydrogen (secondary N) is 1. The van der Waals surface area contributed by atoms with Crippen LogP contribution in [0.25, 0.3) is 0 Å². The highest BCUT2D eigenvalue weighted by Crippen LogP contribution is 2.20. The molecule has 2 rings (SSSR count). The number of likely N-dealkylation sites (tertiary alicyclic amines) is 1. The molecular formula is C15H21N3O4. The average molecular weight is 307 g/mol. The molecule has 0 bridgehead atoms. The van der Waals surface area contributed by atoms with Gasteiger partial charge in [0.25, 0.3) is 5.69 Å². The fourth-order valence-electron chi connectivity index (χ4n) is 2.63. The van der Waals surface area contributed by atoms with E-state index in [1.54, 1.807) is 12.1 Å². The van der Waals surface area contributed by atoms with Gasteiger partial charge < -0.3 is 10.4 Å². The van der Waals surface area contributed by atoms with Crippen LogP contribution in [0.1, 0.15) is 19.8 Å². The minimum atomic E-state index is -0.487. The van der Waals surface area contributed by atoms with E-state index >= 15 is 0 Å². The Kier molecular flexibility index (Phi) is 5.46. The quantitative estimate of drug-likeness (QED) is 0.636. The van der Waals surface area contributed by atoms with E-state index in [1.807, 2.05) is 6.92 Å². The third-order valence-electron chi connectivity index (χ3n) is 4.16. The summed E-state index contributed by atoms with van der Waals surface area (Å²) in [4.78, 5) is 24.6. The van der Waals surface area contributed by atoms with Crippen LogP contribution in [0.4, 0.5) is 11.4 Å². The number of nitro groups is 1. The van der Waals surface area contributed by atoms with E-state index in [-0.39, 0.29) is 24.2 Å². The highest BCUT2D eigenvalue weighted by atomic mass is 16.6. The first-order valence-electron chi connectivity index (χ1n) is 7.41. The number of non-ortho nitro benzene ring substituents is 1. The fraction of sp³-hybridized carbons (Fsp3) is 0.533. The Balaban J connectivity index is 1.94. The first kappa shape index (κ1) is 16.4. The molecule has 1 aliphatic heterocycles. The number of aliphatic hydroxyl groups excluding tert-OH is 1. The van der Waals surface area contributed by atoms with Crippen molar-refractivity contribution >= 4 is 17.3 Å². The zero-order valence-electron chi connectivity index (χ0n) is 12.6. The number of aliphatic hydroxyl groups is 1. The van der Waals surface area contributed by atoms with Crippen molar-refractivity contribution in [3.63, 3.8) is 0 Å². The minimum absolute atomic E-state index is 0.0470. The number of nitrogens with zero attached hydrogens (tertiary/aromatic N) is 2. The van der Waals surface area contributed by atoms with Gasteiger partial charge in [0.2, 0.25) is 5.91 Å². The van der Waals surface area contributed by atoms with E-state index in [4.69, 9.17) is 5.11 Å². The number of carbonyl (C=O) groups is 1. The van der Waals surface area contributed by atoms with Gasteiger partial charge in [0, 0.05) is 24.4 Å². The molecule has 1 aromatic carbocycles. The molecule has 1 aromatic rings. The molecule has 0 saturated carbocycles. The summed E-state index contributed by atoms with van der Waals surface area (Å²) >= 11 is 0. The van der Waals surface area contributed by atoms with Crippen molar-refractivity contribution in [3.8, 4) is 0 Å². The maximum absolute atomic E-state index is 12.3. The van der Waals surface area contributed by atoms with E-state index in [1.165, 1.54) is 12.1 Å². The largest absolute Gasteiger partial charge is 0.396 e. The van der Waals surface area contributed by atoms with E-state index in [9.17, 15) is 14.9 Å². The van der Waals surface area contributed by atoms with E-state index in [2.05, 4.69) is 10.2 Å². The monoisotopic (exact) mass is 307 g/mol. The maximum atomic E-state index is 12.3. The van der Waals surface area contributed by atoms with Gasteiger partial charge in [-0.25, -0.2) is 0 Å². The summed E-state index contributed by atoms with van der Waals surface area (Å²) < 4.78 is 0. The summed E-state index contributed by atoms with van der Waals surface area (Å²) in [5.74, 6) is 0.145. The van der Waals surface area contributed by atoms with Gasteiger partial charge in [-0.1, -0.05) is 6.07 Å². The normalized spacial score (nSPS) is 17.9. The molecular weight excluding hydrogens is 286 g/mol. The summed E-state index contributed by atoms with van der Waals surface area (Å²) in [6, 6.07) is 5.61. The molecule has 0 radical (unpaired) electrons. The summed E-state index contributed by atoms with van der Waals surface area (Å²) in [6.45, 7) is 3.57. The van der Waals surface area contributed by atoms with Crippen molar-refractivity contribution < 1.29 is 14.8 Å². The van der Waals surface area contributed by atoms with Gasteiger partial charge in [-0.15, -0.1) is 0 Å². The van der Waals surface area contributed by atoms with Crippen molar-refractivity contribution in [1.29, 1.82) is 0 Å². The van der Waals surface area contributed by atoms with Crippen molar-refractivity contribution in [2.24, 2.45) is 5.92 Å². The van der Waals surface area contributed by atoms with Gasteiger partial charge >= 0.3 is 0 Å². The molecule has 1 fully saturated rings. The predicted octanol–water partition coefficient (Wildman–Crippen LogP) is 1.63. The minimum Gasteiger partial charge on any atom is -0.396 e. The summed E-state index contributed by atoms with van der Waals surface area (Å²) in [5.41, 5.74) is 0.380. The molecule has 1 saturated heterocycles. The number of rotatable bonds is 5. The molecule has 22 heavy (non-hydrogen) atoms. The molecule has 1 amide bonds. The molecule has 0 aliphatic carbocycles. The number of anilines is 1. The maximum Gasteiger partial charge on any atom is 0.271 e. The van der Waals surface area contributed by atoms with Crippen molar-refractivity contribution in [2.75, 3.05) is 25.0 Å². The number of nitro benzene ring substituents is 1. The molecule has 1 atom stereocenters. The Bertz CT molecular complexity index is 541. The number of piperidine rings is 1. The third-order valence-corrected chi connectivity index (χ3v) is 4.16. The smallest absolute Gasteiger partial charge is 0.271 e. The van der Waals surface area contributed by atoms with Crippen LogP contribution in [0.3, 0.4) is 0 Å². The highest BCUT2D eigenvalue weighted by Gasteiger charge is 2.26. The summed E-state index contributed by atoms with van der Waals surface area (Å²) in [7, 11) is 0. The van der Waals surface area contributed by atoms with Crippen LogP contribution in [-0.4, -0.2) is 46.6 Å². The molecule has 120 valence electrons. The lowest BCUT2D eigenvalue weighted by Crippen LogP contribution is -2.46. The van der Waals surface area contributed by atoms with Crippen LogP contribution in [0.15, 0.2) is 24.3 Å². The standard InChI is InChI=1S/C15H21N3O4/c1-11(17-7-5-12(10-19)6-8-17)15(20)16-13-3-2-4-14(9-13)18(21)22/h2-4,9,11-12,19H,5-8,10H2,1H3,(H,16,20). The van der Waals surface area contributed by atoms with Gasteiger partial charge in [0.15, 0.2) is 0 Å². The van der Waals surface area contributed by atoms with Crippen LogP contribution in [0.2, 0.25) is 0 Å².